The molecule has 1 fully saturated rings. The number of amides is 1. The fourth-order valence-electron chi connectivity index (χ4n) is 3.55. The largest absolute Gasteiger partial charge is 0.359 e. The Hall–Kier alpha value is -2.47. The van der Waals surface area contributed by atoms with E-state index in [9.17, 15) is 4.79 Å². The summed E-state index contributed by atoms with van der Waals surface area (Å²) in [6.07, 6.45) is 6.53. The van der Waals surface area contributed by atoms with Crippen LogP contribution < -0.4 is 10.2 Å². The lowest BCUT2D eigenvalue weighted by atomic mass is 9.97. The van der Waals surface area contributed by atoms with Crippen LogP contribution in [0.3, 0.4) is 0 Å². The topological polar surface area (TPSA) is 61.4 Å². The van der Waals surface area contributed by atoms with E-state index in [1.165, 1.54) is 0 Å². The van der Waals surface area contributed by atoms with E-state index in [0.717, 1.165) is 56.0 Å². The van der Waals surface area contributed by atoms with E-state index in [4.69, 9.17) is 0 Å². The Kier molecular flexibility index (Phi) is 6.76. The van der Waals surface area contributed by atoms with E-state index < -0.39 is 0 Å². The van der Waals surface area contributed by atoms with Gasteiger partial charge in [0, 0.05) is 56.8 Å². The van der Waals surface area contributed by atoms with Gasteiger partial charge < -0.3 is 15.1 Å². The zero-order valence-electron chi connectivity index (χ0n) is 16.3. The van der Waals surface area contributed by atoms with Crippen molar-refractivity contribution in [2.24, 2.45) is 5.92 Å². The molecule has 1 aliphatic heterocycles. The molecule has 144 valence electrons. The highest BCUT2D eigenvalue weighted by molar-refractivity contribution is 5.79. The second-order valence-electron chi connectivity index (χ2n) is 7.30. The fraction of sp³-hybridized carbons (Fsp3) is 0.476. The average Bonchev–Trinajstić information content (AvgIpc) is 2.71. The molecule has 0 bridgehead atoms. The standard InChI is InChI=1S/C21H29N5O/c1-25-13-6-8-18(16-25)21(27)24-15-17-7-5-12-23-20(17)26(2)14-10-19-9-3-4-11-22-19/h3-5,7,9,11-12,18H,6,8,10,13-16H2,1-2H3,(H,24,27). The van der Waals surface area contributed by atoms with Crippen LogP contribution in [-0.2, 0) is 17.8 Å². The Morgan fingerprint density at radius 3 is 2.89 bits per heavy atom. The van der Waals surface area contributed by atoms with Gasteiger partial charge >= 0.3 is 0 Å². The smallest absolute Gasteiger partial charge is 0.224 e. The van der Waals surface area contributed by atoms with E-state index in [0.29, 0.717) is 6.54 Å². The van der Waals surface area contributed by atoms with Crippen molar-refractivity contribution >= 4 is 11.7 Å². The molecule has 3 heterocycles. The van der Waals surface area contributed by atoms with Gasteiger partial charge in [0.05, 0.1) is 5.92 Å². The van der Waals surface area contributed by atoms with Gasteiger partial charge in [-0.2, -0.15) is 0 Å². The number of hydrogen-bond acceptors (Lipinski definition) is 5. The van der Waals surface area contributed by atoms with E-state index >= 15 is 0 Å². The summed E-state index contributed by atoms with van der Waals surface area (Å²) in [5.74, 6) is 1.15. The number of likely N-dealkylation sites (N-methyl/N-ethyl adjacent to an activating group) is 1. The molecular formula is C21H29N5O. The van der Waals surface area contributed by atoms with Gasteiger partial charge in [0.25, 0.3) is 0 Å². The van der Waals surface area contributed by atoms with Crippen LogP contribution in [0.25, 0.3) is 0 Å². The minimum Gasteiger partial charge on any atom is -0.359 e. The van der Waals surface area contributed by atoms with Gasteiger partial charge in [-0.25, -0.2) is 4.98 Å². The maximum atomic E-state index is 12.5. The van der Waals surface area contributed by atoms with Gasteiger partial charge in [0.2, 0.25) is 5.91 Å². The fourth-order valence-corrected chi connectivity index (χ4v) is 3.55. The molecule has 6 nitrogen and oxygen atoms in total. The van der Waals surface area contributed by atoms with Crippen molar-refractivity contribution in [2.75, 3.05) is 38.6 Å². The summed E-state index contributed by atoms with van der Waals surface area (Å²) in [6, 6.07) is 9.93. The molecule has 6 heteroatoms. The quantitative estimate of drug-likeness (QED) is 0.812. The Bertz CT molecular complexity index is 736. The number of carbonyl (C=O) groups is 1. The minimum atomic E-state index is 0.0887. The molecule has 1 aliphatic rings. The highest BCUT2D eigenvalue weighted by atomic mass is 16.1. The van der Waals surface area contributed by atoms with E-state index in [2.05, 4.69) is 32.1 Å². The number of likely N-dealkylation sites (tertiary alicyclic amines) is 1. The lowest BCUT2D eigenvalue weighted by Crippen LogP contribution is -2.41. The summed E-state index contributed by atoms with van der Waals surface area (Å²) in [4.78, 5) is 25.8. The minimum absolute atomic E-state index is 0.0887. The molecule has 1 saturated heterocycles. The molecule has 0 aromatic carbocycles. The molecule has 1 N–H and O–H groups in total. The van der Waals surface area contributed by atoms with Crippen molar-refractivity contribution < 1.29 is 4.79 Å². The van der Waals surface area contributed by atoms with Gasteiger partial charge in [0.15, 0.2) is 0 Å². The SMILES string of the molecule is CN1CCCC(C(=O)NCc2cccnc2N(C)CCc2ccccn2)C1. The van der Waals surface area contributed by atoms with Crippen LogP contribution >= 0.6 is 0 Å². The van der Waals surface area contributed by atoms with Crippen LogP contribution in [0.5, 0.6) is 0 Å². The number of nitrogens with one attached hydrogen (secondary N) is 1. The van der Waals surface area contributed by atoms with Crippen LogP contribution in [0.15, 0.2) is 42.7 Å². The lowest BCUT2D eigenvalue weighted by molar-refractivity contribution is -0.126. The Labute approximate surface area is 161 Å². The predicted octanol–water partition coefficient (Wildman–Crippen LogP) is 2.11. The number of piperidine rings is 1. The number of hydrogen-bond donors (Lipinski definition) is 1. The molecule has 0 spiro atoms. The van der Waals surface area contributed by atoms with Crippen molar-refractivity contribution in [1.29, 1.82) is 0 Å². The van der Waals surface area contributed by atoms with Crippen LogP contribution in [0, 0.1) is 5.92 Å². The van der Waals surface area contributed by atoms with E-state index in [1.807, 2.05) is 43.6 Å². The maximum absolute atomic E-state index is 12.5. The van der Waals surface area contributed by atoms with Gasteiger partial charge in [-0.1, -0.05) is 12.1 Å². The Morgan fingerprint density at radius 2 is 2.11 bits per heavy atom. The molecule has 1 unspecified atom stereocenters. The van der Waals surface area contributed by atoms with Crippen LogP contribution in [0.4, 0.5) is 5.82 Å². The number of carbonyl (C=O) groups excluding carboxylic acids is 1. The molecule has 0 aliphatic carbocycles. The first-order chi connectivity index (χ1) is 13.1. The molecule has 0 saturated carbocycles. The summed E-state index contributed by atoms with van der Waals surface area (Å²) in [6.45, 7) is 3.26. The maximum Gasteiger partial charge on any atom is 0.224 e. The number of rotatable bonds is 7. The zero-order chi connectivity index (χ0) is 19.1. The number of anilines is 1. The van der Waals surface area contributed by atoms with Crippen LogP contribution in [0.1, 0.15) is 24.1 Å². The molecule has 2 aromatic rings. The van der Waals surface area contributed by atoms with E-state index in [1.54, 1.807) is 6.20 Å². The Balaban J connectivity index is 1.57. The number of pyridine rings is 2. The van der Waals surface area contributed by atoms with Crippen molar-refractivity contribution in [2.45, 2.75) is 25.8 Å². The summed E-state index contributed by atoms with van der Waals surface area (Å²) < 4.78 is 0. The molecule has 3 rings (SSSR count). The van der Waals surface area contributed by atoms with Crippen molar-refractivity contribution in [3.63, 3.8) is 0 Å². The summed E-state index contributed by atoms with van der Waals surface area (Å²) in [5.41, 5.74) is 2.11. The predicted molar refractivity (Wildman–Crippen MR) is 108 cm³/mol. The third kappa shape index (κ3) is 5.50. The summed E-state index contributed by atoms with van der Waals surface area (Å²) in [5, 5.41) is 3.11. The molecular weight excluding hydrogens is 338 g/mol. The van der Waals surface area contributed by atoms with Crippen molar-refractivity contribution in [3.8, 4) is 0 Å². The highest BCUT2D eigenvalue weighted by Gasteiger charge is 2.23. The number of nitrogens with zero attached hydrogens (tertiary/aromatic N) is 4. The molecule has 27 heavy (non-hydrogen) atoms. The third-order valence-corrected chi connectivity index (χ3v) is 5.11. The summed E-state index contributed by atoms with van der Waals surface area (Å²) >= 11 is 0. The Morgan fingerprint density at radius 1 is 1.26 bits per heavy atom. The van der Waals surface area contributed by atoms with Gasteiger partial charge in [-0.3, -0.25) is 9.78 Å². The van der Waals surface area contributed by atoms with Crippen molar-refractivity contribution in [3.05, 3.63) is 54.0 Å². The molecule has 2 aromatic heterocycles. The molecule has 0 radical (unpaired) electrons. The average molecular weight is 367 g/mol. The first-order valence-corrected chi connectivity index (χ1v) is 9.64. The normalized spacial score (nSPS) is 17.5. The zero-order valence-corrected chi connectivity index (χ0v) is 16.3. The lowest BCUT2D eigenvalue weighted by Gasteiger charge is -2.29. The van der Waals surface area contributed by atoms with Crippen LogP contribution in [-0.4, -0.2) is 54.5 Å². The second kappa shape index (κ2) is 9.46. The molecule has 1 amide bonds. The first kappa shape index (κ1) is 19.3. The van der Waals surface area contributed by atoms with Gasteiger partial charge in [0.1, 0.15) is 5.82 Å². The molecule has 1 atom stereocenters. The number of aromatic nitrogens is 2. The second-order valence-corrected chi connectivity index (χ2v) is 7.30. The monoisotopic (exact) mass is 367 g/mol. The van der Waals surface area contributed by atoms with Gasteiger partial charge in [-0.05, 0) is 44.6 Å². The van der Waals surface area contributed by atoms with Crippen LogP contribution in [0.2, 0.25) is 0 Å². The van der Waals surface area contributed by atoms with Gasteiger partial charge in [-0.15, -0.1) is 0 Å². The first-order valence-electron chi connectivity index (χ1n) is 9.64. The van der Waals surface area contributed by atoms with E-state index in [-0.39, 0.29) is 11.8 Å². The highest BCUT2D eigenvalue weighted by Crippen LogP contribution is 2.18. The summed E-state index contributed by atoms with van der Waals surface area (Å²) in [7, 11) is 4.11. The third-order valence-electron chi connectivity index (χ3n) is 5.11. The van der Waals surface area contributed by atoms with Crippen molar-refractivity contribution in [1.82, 2.24) is 20.2 Å².